The van der Waals surface area contributed by atoms with E-state index in [9.17, 15) is 0 Å². The highest BCUT2D eigenvalue weighted by Gasteiger charge is 2.08. The summed E-state index contributed by atoms with van der Waals surface area (Å²) >= 11 is 11.5. The monoisotopic (exact) mass is 318 g/mol. The second kappa shape index (κ2) is 6.92. The van der Waals surface area contributed by atoms with Crippen LogP contribution in [-0.4, -0.2) is 12.2 Å². The second-order valence-electron chi connectivity index (χ2n) is 5.25. The summed E-state index contributed by atoms with van der Waals surface area (Å²) in [6.07, 6.45) is 0. The van der Waals surface area contributed by atoms with Gasteiger partial charge in [0.05, 0.1) is 0 Å². The maximum absolute atomic E-state index is 6.01. The molecule has 2 aromatic carbocycles. The number of hydrogen-bond acceptors (Lipinski definition) is 1. The van der Waals surface area contributed by atoms with Crippen LogP contribution >= 0.6 is 23.8 Å². The summed E-state index contributed by atoms with van der Waals surface area (Å²) in [7, 11) is 1.92. The standard InChI is InChI=1S/C17H19ClN2S/c1-12(2)13-7-9-15(10-8-13)19-17(21)20(3)16-6-4-5-14(18)11-16/h4-12H,1-3H3,(H,19,21). The topological polar surface area (TPSA) is 15.3 Å². The summed E-state index contributed by atoms with van der Waals surface area (Å²) in [5.74, 6) is 0.528. The predicted octanol–water partition coefficient (Wildman–Crippen LogP) is 5.30. The van der Waals surface area contributed by atoms with Gasteiger partial charge in [-0.2, -0.15) is 0 Å². The van der Waals surface area contributed by atoms with Crippen molar-refractivity contribution in [2.24, 2.45) is 0 Å². The summed E-state index contributed by atoms with van der Waals surface area (Å²) in [6, 6.07) is 16.0. The van der Waals surface area contributed by atoms with E-state index in [0.29, 0.717) is 16.1 Å². The van der Waals surface area contributed by atoms with Crippen LogP contribution in [0.25, 0.3) is 0 Å². The zero-order chi connectivity index (χ0) is 15.4. The van der Waals surface area contributed by atoms with E-state index in [4.69, 9.17) is 23.8 Å². The summed E-state index contributed by atoms with van der Waals surface area (Å²) < 4.78 is 0. The van der Waals surface area contributed by atoms with Gasteiger partial charge in [0.15, 0.2) is 5.11 Å². The Bertz CT molecular complexity index is 623. The quantitative estimate of drug-likeness (QED) is 0.773. The molecule has 4 heteroatoms. The van der Waals surface area contributed by atoms with Gasteiger partial charge in [-0.1, -0.05) is 43.6 Å². The van der Waals surface area contributed by atoms with E-state index in [-0.39, 0.29) is 0 Å². The SMILES string of the molecule is CC(C)c1ccc(NC(=S)N(C)c2cccc(Cl)c2)cc1. The Balaban J connectivity index is 2.07. The lowest BCUT2D eigenvalue weighted by molar-refractivity contribution is 0.867. The minimum Gasteiger partial charge on any atom is -0.332 e. The molecule has 0 saturated carbocycles. The highest BCUT2D eigenvalue weighted by molar-refractivity contribution is 7.80. The average Bonchev–Trinajstić information content (AvgIpc) is 2.47. The van der Waals surface area contributed by atoms with Crippen LogP contribution in [0.5, 0.6) is 0 Å². The number of nitrogens with one attached hydrogen (secondary N) is 1. The zero-order valence-electron chi connectivity index (χ0n) is 12.4. The van der Waals surface area contributed by atoms with Crippen LogP contribution in [0.1, 0.15) is 25.3 Å². The summed E-state index contributed by atoms with van der Waals surface area (Å²) in [6.45, 7) is 4.36. The summed E-state index contributed by atoms with van der Waals surface area (Å²) in [4.78, 5) is 1.90. The fourth-order valence-electron chi connectivity index (χ4n) is 1.96. The molecule has 110 valence electrons. The Hall–Kier alpha value is -1.58. The third-order valence-electron chi connectivity index (χ3n) is 3.33. The van der Waals surface area contributed by atoms with Gasteiger partial charge in [-0.3, -0.25) is 0 Å². The molecule has 0 amide bonds. The average molecular weight is 319 g/mol. The number of benzene rings is 2. The summed E-state index contributed by atoms with van der Waals surface area (Å²) in [5.41, 5.74) is 3.26. The van der Waals surface area contributed by atoms with Gasteiger partial charge in [-0.25, -0.2) is 0 Å². The van der Waals surface area contributed by atoms with Crippen molar-refractivity contribution in [3.8, 4) is 0 Å². The lowest BCUT2D eigenvalue weighted by Crippen LogP contribution is -2.30. The van der Waals surface area contributed by atoms with Crippen LogP contribution in [0.4, 0.5) is 11.4 Å². The van der Waals surface area contributed by atoms with Crippen molar-refractivity contribution in [1.29, 1.82) is 0 Å². The van der Waals surface area contributed by atoms with Gasteiger partial charge in [0.1, 0.15) is 0 Å². The zero-order valence-corrected chi connectivity index (χ0v) is 14.0. The molecule has 2 rings (SSSR count). The first-order valence-corrected chi connectivity index (χ1v) is 7.66. The molecule has 0 aliphatic heterocycles. The minimum atomic E-state index is 0.528. The third kappa shape index (κ3) is 4.19. The molecular formula is C17H19ClN2S. The molecule has 0 unspecified atom stereocenters. The maximum atomic E-state index is 6.01. The van der Waals surface area contributed by atoms with E-state index in [1.165, 1.54) is 5.56 Å². The van der Waals surface area contributed by atoms with E-state index < -0.39 is 0 Å². The Morgan fingerprint density at radius 2 is 1.81 bits per heavy atom. The Labute approximate surface area is 136 Å². The maximum Gasteiger partial charge on any atom is 0.177 e. The van der Waals surface area contributed by atoms with Crippen LogP contribution in [0.2, 0.25) is 5.02 Å². The van der Waals surface area contributed by atoms with E-state index in [1.54, 1.807) is 0 Å². The molecule has 0 radical (unpaired) electrons. The van der Waals surface area contributed by atoms with E-state index >= 15 is 0 Å². The lowest BCUT2D eigenvalue weighted by atomic mass is 10.0. The summed E-state index contributed by atoms with van der Waals surface area (Å²) in [5, 5.41) is 4.57. The van der Waals surface area contributed by atoms with Crippen molar-refractivity contribution in [2.75, 3.05) is 17.3 Å². The number of anilines is 2. The van der Waals surface area contributed by atoms with Gasteiger partial charge in [-0.05, 0) is 54.0 Å². The van der Waals surface area contributed by atoms with Crippen molar-refractivity contribution in [2.45, 2.75) is 19.8 Å². The van der Waals surface area contributed by atoms with Crippen molar-refractivity contribution < 1.29 is 0 Å². The van der Waals surface area contributed by atoms with Crippen molar-refractivity contribution in [3.63, 3.8) is 0 Å². The molecule has 0 heterocycles. The predicted molar refractivity (Wildman–Crippen MR) is 96.6 cm³/mol. The first-order chi connectivity index (χ1) is 9.97. The Morgan fingerprint density at radius 3 is 2.38 bits per heavy atom. The third-order valence-corrected chi connectivity index (χ3v) is 3.94. The lowest BCUT2D eigenvalue weighted by Gasteiger charge is -2.21. The Morgan fingerprint density at radius 1 is 1.14 bits per heavy atom. The largest absolute Gasteiger partial charge is 0.332 e. The van der Waals surface area contributed by atoms with E-state index in [2.05, 4.69) is 31.3 Å². The molecule has 0 aliphatic rings. The van der Waals surface area contributed by atoms with Gasteiger partial charge >= 0.3 is 0 Å². The minimum absolute atomic E-state index is 0.528. The fourth-order valence-corrected chi connectivity index (χ4v) is 2.37. The molecule has 0 atom stereocenters. The smallest absolute Gasteiger partial charge is 0.177 e. The second-order valence-corrected chi connectivity index (χ2v) is 6.07. The van der Waals surface area contributed by atoms with Gasteiger partial charge in [0.2, 0.25) is 0 Å². The van der Waals surface area contributed by atoms with Gasteiger partial charge in [-0.15, -0.1) is 0 Å². The van der Waals surface area contributed by atoms with Crippen LogP contribution in [0, 0.1) is 0 Å². The number of halogens is 1. The fraction of sp³-hybridized carbons (Fsp3) is 0.235. The van der Waals surface area contributed by atoms with Crippen LogP contribution in [0.3, 0.4) is 0 Å². The molecule has 2 nitrogen and oxygen atoms in total. The molecule has 0 aliphatic carbocycles. The molecule has 2 aromatic rings. The van der Waals surface area contributed by atoms with Gasteiger partial charge < -0.3 is 10.2 Å². The van der Waals surface area contributed by atoms with Gasteiger partial charge in [0, 0.05) is 23.4 Å². The Kier molecular flexibility index (Phi) is 5.21. The highest BCUT2D eigenvalue weighted by atomic mass is 35.5. The van der Waals surface area contributed by atoms with Crippen molar-refractivity contribution in [1.82, 2.24) is 0 Å². The van der Waals surface area contributed by atoms with E-state index in [1.807, 2.05) is 48.3 Å². The molecular weight excluding hydrogens is 300 g/mol. The van der Waals surface area contributed by atoms with E-state index in [0.717, 1.165) is 11.4 Å². The molecule has 1 N–H and O–H groups in total. The molecule has 21 heavy (non-hydrogen) atoms. The number of hydrogen-bond donors (Lipinski definition) is 1. The van der Waals surface area contributed by atoms with Crippen LogP contribution in [-0.2, 0) is 0 Å². The van der Waals surface area contributed by atoms with Crippen LogP contribution in [0.15, 0.2) is 48.5 Å². The van der Waals surface area contributed by atoms with Crippen molar-refractivity contribution in [3.05, 3.63) is 59.1 Å². The molecule has 0 bridgehead atoms. The molecule has 0 fully saturated rings. The molecule has 0 saturated heterocycles. The van der Waals surface area contributed by atoms with Crippen molar-refractivity contribution >= 4 is 40.3 Å². The first kappa shape index (κ1) is 15.8. The first-order valence-electron chi connectivity index (χ1n) is 6.87. The molecule has 0 aromatic heterocycles. The number of rotatable bonds is 3. The number of thiocarbonyl (C=S) groups is 1. The highest BCUT2D eigenvalue weighted by Crippen LogP contribution is 2.20. The normalized spacial score (nSPS) is 10.5. The van der Waals surface area contributed by atoms with Gasteiger partial charge in [0.25, 0.3) is 0 Å². The number of nitrogens with zero attached hydrogens (tertiary/aromatic N) is 1. The van der Waals surface area contributed by atoms with Crippen LogP contribution < -0.4 is 10.2 Å². The molecule has 0 spiro atoms.